The van der Waals surface area contributed by atoms with Gasteiger partial charge in [-0.25, -0.2) is 0 Å². The summed E-state index contributed by atoms with van der Waals surface area (Å²) in [6.07, 6.45) is 0.702. The molecule has 1 N–H and O–H groups in total. The molecular formula is C26H27N3O2. The van der Waals surface area contributed by atoms with E-state index in [0.29, 0.717) is 13.0 Å². The summed E-state index contributed by atoms with van der Waals surface area (Å²) in [6, 6.07) is 28.1. The van der Waals surface area contributed by atoms with Crippen LogP contribution in [0.3, 0.4) is 0 Å². The van der Waals surface area contributed by atoms with E-state index in [-0.39, 0.29) is 30.9 Å². The molecule has 0 spiro atoms. The maximum absolute atomic E-state index is 13.2. The van der Waals surface area contributed by atoms with Crippen molar-refractivity contribution in [2.24, 2.45) is 0 Å². The van der Waals surface area contributed by atoms with Crippen molar-refractivity contribution in [3.8, 4) is 11.1 Å². The summed E-state index contributed by atoms with van der Waals surface area (Å²) in [7, 11) is 1.75. The van der Waals surface area contributed by atoms with E-state index in [1.807, 2.05) is 65.6 Å². The number of piperazine rings is 1. The fourth-order valence-corrected chi connectivity index (χ4v) is 4.18. The molecule has 31 heavy (non-hydrogen) atoms. The second-order valence-electron chi connectivity index (χ2n) is 7.78. The van der Waals surface area contributed by atoms with Crippen LogP contribution in [0.5, 0.6) is 0 Å². The van der Waals surface area contributed by atoms with E-state index in [0.717, 1.165) is 22.4 Å². The number of carbonyl (C=O) groups excluding carboxylic acids is 2. The molecule has 2 amide bonds. The Balaban J connectivity index is 1.67. The highest BCUT2D eigenvalue weighted by molar-refractivity contribution is 6.01. The van der Waals surface area contributed by atoms with Gasteiger partial charge in [0.1, 0.15) is 6.54 Å². The Hall–Kier alpha value is -3.44. The van der Waals surface area contributed by atoms with E-state index in [1.54, 1.807) is 11.9 Å². The lowest BCUT2D eigenvalue weighted by atomic mass is 9.98. The second-order valence-corrected chi connectivity index (χ2v) is 7.78. The average Bonchev–Trinajstić information content (AvgIpc) is 2.81. The third kappa shape index (κ3) is 4.67. The molecule has 158 valence electrons. The predicted molar refractivity (Wildman–Crippen MR) is 124 cm³/mol. The summed E-state index contributed by atoms with van der Waals surface area (Å²) in [5.74, 6) is -0.107. The van der Waals surface area contributed by atoms with Gasteiger partial charge >= 0.3 is 0 Å². The van der Waals surface area contributed by atoms with Gasteiger partial charge in [0, 0.05) is 12.1 Å². The molecule has 0 aliphatic carbocycles. The normalized spacial score (nSPS) is 16.4. The van der Waals surface area contributed by atoms with Crippen LogP contribution in [-0.4, -0.2) is 49.4 Å². The van der Waals surface area contributed by atoms with Gasteiger partial charge in [-0.1, -0.05) is 78.9 Å². The number of para-hydroxylation sites is 1. The van der Waals surface area contributed by atoms with Crippen LogP contribution in [0.4, 0.5) is 5.69 Å². The molecule has 1 saturated heterocycles. The Bertz CT molecular complexity index is 1040. The molecule has 5 heteroatoms. The van der Waals surface area contributed by atoms with Gasteiger partial charge in [0.25, 0.3) is 0 Å². The molecular weight excluding hydrogens is 386 g/mol. The zero-order valence-electron chi connectivity index (χ0n) is 17.7. The van der Waals surface area contributed by atoms with Gasteiger partial charge in [-0.05, 0) is 30.7 Å². The summed E-state index contributed by atoms with van der Waals surface area (Å²) in [5, 5.41) is 2.92. The van der Waals surface area contributed by atoms with Crippen LogP contribution in [0, 0.1) is 0 Å². The van der Waals surface area contributed by atoms with Gasteiger partial charge in [0.2, 0.25) is 11.8 Å². The van der Waals surface area contributed by atoms with Gasteiger partial charge in [0.05, 0.1) is 18.3 Å². The van der Waals surface area contributed by atoms with Crippen molar-refractivity contribution in [2.45, 2.75) is 12.5 Å². The molecule has 1 heterocycles. The summed E-state index contributed by atoms with van der Waals surface area (Å²) in [4.78, 5) is 29.6. The second kappa shape index (κ2) is 9.58. The van der Waals surface area contributed by atoms with Crippen molar-refractivity contribution >= 4 is 17.5 Å². The third-order valence-electron chi connectivity index (χ3n) is 5.68. The summed E-state index contributed by atoms with van der Waals surface area (Å²) in [6.45, 7) is 0.771. The quantitative estimate of drug-likeness (QED) is 0.674. The predicted octanol–water partition coefficient (Wildman–Crippen LogP) is 3.36. The first kappa shape index (κ1) is 20.8. The third-order valence-corrected chi connectivity index (χ3v) is 5.68. The first-order valence-electron chi connectivity index (χ1n) is 10.6. The van der Waals surface area contributed by atoms with Crippen molar-refractivity contribution in [1.82, 2.24) is 10.2 Å². The van der Waals surface area contributed by atoms with E-state index in [1.165, 1.54) is 0 Å². The number of nitrogens with zero attached hydrogens (tertiary/aromatic N) is 2. The van der Waals surface area contributed by atoms with Crippen molar-refractivity contribution in [3.05, 3.63) is 90.5 Å². The van der Waals surface area contributed by atoms with Crippen molar-refractivity contribution in [2.75, 3.05) is 31.6 Å². The minimum Gasteiger partial charge on any atom is -0.327 e. The molecule has 1 fully saturated rings. The molecule has 1 aliphatic rings. The number of hydrogen-bond donors (Lipinski definition) is 1. The van der Waals surface area contributed by atoms with Gasteiger partial charge in [-0.2, -0.15) is 0 Å². The van der Waals surface area contributed by atoms with Crippen LogP contribution in [0.1, 0.15) is 5.56 Å². The van der Waals surface area contributed by atoms with E-state index >= 15 is 0 Å². The zero-order chi connectivity index (χ0) is 21.6. The van der Waals surface area contributed by atoms with Crippen LogP contribution in [0.2, 0.25) is 0 Å². The largest absolute Gasteiger partial charge is 0.327 e. The SMILES string of the molecule is CNCC(=O)N1CC(=O)N(c2ccccc2-c2ccccc2)C[C@@H]1Cc1ccccc1. The van der Waals surface area contributed by atoms with Crippen LogP contribution < -0.4 is 10.2 Å². The highest BCUT2D eigenvalue weighted by Gasteiger charge is 2.36. The lowest BCUT2D eigenvalue weighted by molar-refractivity contribution is -0.138. The van der Waals surface area contributed by atoms with Crippen LogP contribution in [0.25, 0.3) is 11.1 Å². The summed E-state index contributed by atoms with van der Waals surface area (Å²) >= 11 is 0. The Labute approximate surface area is 183 Å². The van der Waals surface area contributed by atoms with Crippen molar-refractivity contribution in [3.63, 3.8) is 0 Å². The summed E-state index contributed by atoms with van der Waals surface area (Å²) in [5.41, 5.74) is 4.13. The monoisotopic (exact) mass is 413 g/mol. The lowest BCUT2D eigenvalue weighted by Crippen LogP contribution is -2.60. The van der Waals surface area contributed by atoms with Crippen molar-refractivity contribution in [1.29, 1.82) is 0 Å². The topological polar surface area (TPSA) is 52.7 Å². The molecule has 1 aliphatic heterocycles. The molecule has 0 aromatic heterocycles. The number of anilines is 1. The minimum atomic E-state index is -0.0928. The molecule has 0 saturated carbocycles. The van der Waals surface area contributed by atoms with E-state index in [2.05, 4.69) is 29.6 Å². The fourth-order valence-electron chi connectivity index (χ4n) is 4.18. The Morgan fingerprint density at radius 3 is 2.29 bits per heavy atom. The highest BCUT2D eigenvalue weighted by Crippen LogP contribution is 2.32. The number of likely N-dealkylation sites (N-methyl/N-ethyl adjacent to an activating group) is 1. The Morgan fingerprint density at radius 1 is 0.935 bits per heavy atom. The summed E-state index contributed by atoms with van der Waals surface area (Å²) < 4.78 is 0. The average molecular weight is 414 g/mol. The van der Waals surface area contributed by atoms with Crippen LogP contribution >= 0.6 is 0 Å². The van der Waals surface area contributed by atoms with E-state index in [4.69, 9.17) is 0 Å². The molecule has 3 aromatic carbocycles. The number of hydrogen-bond acceptors (Lipinski definition) is 3. The molecule has 0 unspecified atom stereocenters. The lowest BCUT2D eigenvalue weighted by Gasteiger charge is -2.41. The zero-order valence-corrected chi connectivity index (χ0v) is 17.7. The van der Waals surface area contributed by atoms with Gasteiger partial charge < -0.3 is 15.1 Å². The molecule has 3 aromatic rings. The maximum Gasteiger partial charge on any atom is 0.246 e. The first-order valence-corrected chi connectivity index (χ1v) is 10.6. The number of carbonyl (C=O) groups is 2. The number of nitrogens with one attached hydrogen (secondary N) is 1. The van der Waals surface area contributed by atoms with Crippen LogP contribution in [0.15, 0.2) is 84.9 Å². The molecule has 5 nitrogen and oxygen atoms in total. The highest BCUT2D eigenvalue weighted by atomic mass is 16.2. The Morgan fingerprint density at radius 2 is 1.58 bits per heavy atom. The van der Waals surface area contributed by atoms with E-state index < -0.39 is 0 Å². The Kier molecular flexibility index (Phi) is 6.43. The molecule has 0 radical (unpaired) electrons. The number of amides is 2. The molecule has 0 bridgehead atoms. The standard InChI is InChI=1S/C26H27N3O2/c1-27-17-25(30)28-19-26(31)29(18-22(28)16-20-10-4-2-5-11-20)24-15-9-8-14-23(24)21-12-6-3-7-13-21/h2-15,22,27H,16-19H2,1H3/t22-/m0/s1. The minimum absolute atomic E-state index is 0.0484. The first-order chi connectivity index (χ1) is 15.2. The van der Waals surface area contributed by atoms with Gasteiger partial charge in [-0.15, -0.1) is 0 Å². The maximum atomic E-state index is 13.2. The van der Waals surface area contributed by atoms with Gasteiger partial charge in [-0.3, -0.25) is 9.59 Å². The molecule has 1 atom stereocenters. The number of benzene rings is 3. The van der Waals surface area contributed by atoms with Crippen LogP contribution in [-0.2, 0) is 16.0 Å². The van der Waals surface area contributed by atoms with Crippen molar-refractivity contribution < 1.29 is 9.59 Å². The smallest absolute Gasteiger partial charge is 0.246 e. The fraction of sp³-hybridized carbons (Fsp3) is 0.231. The van der Waals surface area contributed by atoms with Gasteiger partial charge in [0.15, 0.2) is 0 Å². The molecule has 4 rings (SSSR count). The number of rotatable bonds is 6. The van der Waals surface area contributed by atoms with E-state index in [9.17, 15) is 9.59 Å².